The first kappa shape index (κ1) is 20.2. The Labute approximate surface area is 171 Å². The van der Waals surface area contributed by atoms with Gasteiger partial charge in [-0.05, 0) is 30.3 Å². The van der Waals surface area contributed by atoms with Crippen LogP contribution in [0.1, 0.15) is 5.56 Å². The molecule has 0 unspecified atom stereocenters. The number of ether oxygens (including phenoxy) is 1. The highest BCUT2D eigenvalue weighted by atomic mass is 32.1. The monoisotopic (exact) mass is 415 g/mol. The van der Waals surface area contributed by atoms with Gasteiger partial charge in [-0.1, -0.05) is 18.3 Å². The Bertz CT molecular complexity index is 1100. The smallest absolute Gasteiger partial charge is 0.288 e. The van der Waals surface area contributed by atoms with Crippen molar-refractivity contribution in [2.24, 2.45) is 0 Å². The molecule has 148 valence electrons. The number of aromatic nitrogens is 1. The van der Waals surface area contributed by atoms with Crippen molar-refractivity contribution >= 4 is 34.3 Å². The van der Waals surface area contributed by atoms with E-state index in [2.05, 4.69) is 5.32 Å². The third kappa shape index (κ3) is 4.67. The highest BCUT2D eigenvalue weighted by molar-refractivity contribution is 7.81. The molecule has 0 spiro atoms. The summed E-state index contributed by atoms with van der Waals surface area (Å²) in [5, 5.41) is 23.6. The molecule has 0 aliphatic rings. The lowest BCUT2D eigenvalue weighted by Crippen LogP contribution is -2.38. The molecule has 8 heteroatoms. The van der Waals surface area contributed by atoms with Crippen molar-refractivity contribution in [1.82, 2.24) is 0 Å². The molecule has 0 aliphatic carbocycles. The fourth-order valence-electron chi connectivity index (χ4n) is 2.65. The van der Waals surface area contributed by atoms with E-state index in [4.69, 9.17) is 17.0 Å². The number of anilines is 1. The van der Waals surface area contributed by atoms with Crippen LogP contribution in [0.5, 0.6) is 11.5 Å². The first-order chi connectivity index (χ1) is 13.9. The minimum absolute atomic E-state index is 0.00997. The van der Waals surface area contributed by atoms with E-state index in [9.17, 15) is 19.0 Å². The lowest BCUT2D eigenvalue weighted by Gasteiger charge is -2.11. The van der Waals surface area contributed by atoms with Gasteiger partial charge in [-0.3, -0.25) is 0 Å². The molecule has 3 aromatic rings. The van der Waals surface area contributed by atoms with E-state index < -0.39 is 17.4 Å². The van der Waals surface area contributed by atoms with E-state index in [1.165, 1.54) is 36.2 Å². The second-order valence-corrected chi connectivity index (χ2v) is 6.39. The molecule has 0 atom stereocenters. The number of benzene rings is 2. The summed E-state index contributed by atoms with van der Waals surface area (Å²) in [5.74, 6) is -1.77. The van der Waals surface area contributed by atoms with Crippen molar-refractivity contribution in [2.45, 2.75) is 0 Å². The molecule has 0 aliphatic heterocycles. The van der Waals surface area contributed by atoms with Crippen molar-refractivity contribution in [2.75, 3.05) is 12.4 Å². The zero-order chi connectivity index (χ0) is 21.0. The number of aromatic hydroxyl groups is 1. The number of aliphatic hydroxyl groups is 1. The average molecular weight is 415 g/mol. The Kier molecular flexibility index (Phi) is 6.04. The SMILES string of the molecule is COc1cccc(NC(=S)C(=C(O)c2ccc(F)cc2F)[n+]2cccc(O)c2)c1. The van der Waals surface area contributed by atoms with Gasteiger partial charge in [0.25, 0.3) is 5.70 Å². The van der Waals surface area contributed by atoms with E-state index in [1.807, 2.05) is 0 Å². The van der Waals surface area contributed by atoms with Gasteiger partial charge >= 0.3 is 0 Å². The average Bonchev–Trinajstić information content (AvgIpc) is 2.68. The van der Waals surface area contributed by atoms with Crippen molar-refractivity contribution < 1.29 is 28.3 Å². The Morgan fingerprint density at radius 2 is 1.90 bits per heavy atom. The van der Waals surface area contributed by atoms with Gasteiger partial charge in [-0.2, -0.15) is 4.57 Å². The summed E-state index contributed by atoms with van der Waals surface area (Å²) in [4.78, 5) is 0.0371. The molecule has 2 aromatic carbocycles. The maximum absolute atomic E-state index is 14.3. The molecule has 0 saturated heterocycles. The number of thiocarbonyl (C=S) groups is 1. The highest BCUT2D eigenvalue weighted by Gasteiger charge is 2.26. The number of pyridine rings is 1. The minimum atomic E-state index is -0.954. The van der Waals surface area contributed by atoms with E-state index in [-0.39, 0.29) is 22.0 Å². The molecule has 3 N–H and O–H groups in total. The predicted octanol–water partition coefficient (Wildman–Crippen LogP) is 4.29. The first-order valence-electron chi connectivity index (χ1n) is 8.44. The largest absolute Gasteiger partial charge is 0.503 e. The number of aliphatic hydroxyl groups excluding tert-OH is 1. The van der Waals surface area contributed by atoms with Crippen LogP contribution in [0.3, 0.4) is 0 Å². The predicted molar refractivity (Wildman–Crippen MR) is 110 cm³/mol. The Morgan fingerprint density at radius 1 is 1.10 bits per heavy atom. The van der Waals surface area contributed by atoms with Gasteiger partial charge in [-0.25, -0.2) is 8.78 Å². The summed E-state index contributed by atoms with van der Waals surface area (Å²) in [5.41, 5.74) is 0.316. The lowest BCUT2D eigenvalue weighted by molar-refractivity contribution is -0.576. The van der Waals surface area contributed by atoms with E-state index in [0.717, 1.165) is 12.1 Å². The van der Waals surface area contributed by atoms with Gasteiger partial charge in [0.2, 0.25) is 12.0 Å². The molecule has 0 amide bonds. The number of hydrogen-bond donors (Lipinski definition) is 3. The van der Waals surface area contributed by atoms with Gasteiger partial charge in [0.05, 0.1) is 12.7 Å². The number of methoxy groups -OCH3 is 1. The zero-order valence-electron chi connectivity index (χ0n) is 15.3. The summed E-state index contributed by atoms with van der Waals surface area (Å²) < 4.78 is 34.1. The summed E-state index contributed by atoms with van der Waals surface area (Å²) in [6.45, 7) is 0. The fourth-order valence-corrected chi connectivity index (χ4v) is 2.97. The van der Waals surface area contributed by atoms with Crippen LogP contribution in [0.2, 0.25) is 0 Å². The normalized spacial score (nSPS) is 11.6. The third-order valence-corrected chi connectivity index (χ3v) is 4.29. The van der Waals surface area contributed by atoms with Crippen LogP contribution in [-0.4, -0.2) is 22.3 Å². The number of hydrogen-bond acceptors (Lipinski definition) is 4. The quantitative estimate of drug-likeness (QED) is 0.251. The van der Waals surface area contributed by atoms with E-state index in [1.54, 1.807) is 24.3 Å². The van der Waals surface area contributed by atoms with Gasteiger partial charge < -0.3 is 20.3 Å². The first-order valence-corrected chi connectivity index (χ1v) is 8.84. The lowest BCUT2D eigenvalue weighted by atomic mass is 10.1. The highest BCUT2D eigenvalue weighted by Crippen LogP contribution is 2.24. The number of halogens is 2. The molecular formula is C21H17F2N2O3S+. The second kappa shape index (κ2) is 8.66. The van der Waals surface area contributed by atoms with Crippen LogP contribution in [0, 0.1) is 11.6 Å². The maximum atomic E-state index is 14.3. The van der Waals surface area contributed by atoms with E-state index >= 15 is 0 Å². The second-order valence-electron chi connectivity index (χ2n) is 5.98. The molecular weight excluding hydrogens is 398 g/mol. The van der Waals surface area contributed by atoms with Crippen molar-refractivity contribution in [3.8, 4) is 11.5 Å². The molecule has 1 aromatic heterocycles. The molecule has 0 radical (unpaired) electrons. The van der Waals surface area contributed by atoms with Gasteiger partial charge in [0.15, 0.2) is 16.9 Å². The van der Waals surface area contributed by atoms with Crippen molar-refractivity contribution in [1.29, 1.82) is 0 Å². The van der Waals surface area contributed by atoms with Crippen molar-refractivity contribution in [3.05, 3.63) is 84.2 Å². The number of rotatable bonds is 5. The molecule has 1 heterocycles. The number of nitrogens with zero attached hydrogens (tertiary/aromatic N) is 1. The van der Waals surface area contributed by atoms with Crippen LogP contribution >= 0.6 is 12.2 Å². The van der Waals surface area contributed by atoms with Crippen LogP contribution in [-0.2, 0) is 0 Å². The molecule has 0 fully saturated rings. The summed E-state index contributed by atoms with van der Waals surface area (Å²) in [7, 11) is 1.52. The Balaban J connectivity index is 2.11. The summed E-state index contributed by atoms with van der Waals surface area (Å²) in [6, 6.07) is 12.7. The van der Waals surface area contributed by atoms with Gasteiger partial charge in [0.1, 0.15) is 17.4 Å². The van der Waals surface area contributed by atoms with Crippen molar-refractivity contribution in [3.63, 3.8) is 0 Å². The number of nitrogens with one attached hydrogen (secondary N) is 1. The summed E-state index contributed by atoms with van der Waals surface area (Å²) >= 11 is 5.44. The Morgan fingerprint density at radius 3 is 2.59 bits per heavy atom. The molecule has 3 rings (SSSR count). The Hall–Kier alpha value is -3.52. The minimum Gasteiger partial charge on any atom is -0.503 e. The molecule has 0 saturated carbocycles. The van der Waals surface area contributed by atoms with Crippen LogP contribution in [0.25, 0.3) is 11.5 Å². The molecule has 0 bridgehead atoms. The molecule has 29 heavy (non-hydrogen) atoms. The third-order valence-electron chi connectivity index (χ3n) is 4.00. The standard InChI is InChI=1S/C21H16F2N2O3S/c1-28-16-6-2-4-14(11-16)24-21(29)19(25-9-3-5-15(26)12-25)20(27)17-8-7-13(22)10-18(17)23/h2-12H,1H3,(H2-,24,26,27,29)/p+1. The van der Waals surface area contributed by atoms with Crippen LogP contribution < -0.4 is 14.6 Å². The topological polar surface area (TPSA) is 65.6 Å². The molecule has 5 nitrogen and oxygen atoms in total. The maximum Gasteiger partial charge on any atom is 0.288 e. The van der Waals surface area contributed by atoms with Gasteiger partial charge in [0, 0.05) is 23.9 Å². The fraction of sp³-hybridized carbons (Fsp3) is 0.0476. The van der Waals surface area contributed by atoms with E-state index in [0.29, 0.717) is 17.5 Å². The van der Waals surface area contributed by atoms with Crippen LogP contribution in [0.4, 0.5) is 14.5 Å². The van der Waals surface area contributed by atoms with Gasteiger partial charge in [-0.15, -0.1) is 0 Å². The summed E-state index contributed by atoms with van der Waals surface area (Å²) in [6.07, 6.45) is 2.82. The zero-order valence-corrected chi connectivity index (χ0v) is 16.1. The van der Waals surface area contributed by atoms with Crippen LogP contribution in [0.15, 0.2) is 67.0 Å².